The first kappa shape index (κ1) is 30.0. The molecule has 0 fully saturated rings. The van der Waals surface area contributed by atoms with Gasteiger partial charge in [0, 0.05) is 43.9 Å². The number of nitro benzene ring substituents is 1. The molecule has 1 N–H and O–H groups in total. The first-order valence-electron chi connectivity index (χ1n) is 13.4. The van der Waals surface area contributed by atoms with Crippen LogP contribution in [0.2, 0.25) is 0 Å². The number of azo groups is 1. The second-order valence-corrected chi connectivity index (χ2v) is 9.41. The van der Waals surface area contributed by atoms with Gasteiger partial charge in [0.15, 0.2) is 0 Å². The van der Waals surface area contributed by atoms with Gasteiger partial charge in [-0.1, -0.05) is 19.1 Å². The summed E-state index contributed by atoms with van der Waals surface area (Å²) in [5.41, 5.74) is 1.16. The smallest absolute Gasteiger partial charge is 0.272 e. The highest BCUT2D eigenvalue weighted by molar-refractivity contribution is 6.21. The zero-order valence-electron chi connectivity index (χ0n) is 23.4. The monoisotopic (exact) mass is 578 g/mol. The molecule has 0 aliphatic carbocycles. The Hall–Kier alpha value is -5.95. The van der Waals surface area contributed by atoms with Crippen LogP contribution in [0.5, 0.6) is 0 Å². The van der Waals surface area contributed by atoms with Gasteiger partial charge < -0.3 is 10.2 Å². The number of anilines is 2. The van der Waals surface area contributed by atoms with Gasteiger partial charge in [-0.05, 0) is 43.7 Å². The van der Waals surface area contributed by atoms with Crippen molar-refractivity contribution in [3.05, 3.63) is 87.0 Å². The molecule has 0 radical (unpaired) electrons. The normalized spacial score (nSPS) is 12.1. The summed E-state index contributed by atoms with van der Waals surface area (Å²) in [4.78, 5) is 51.4. The van der Waals surface area contributed by atoms with Gasteiger partial charge in [-0.2, -0.15) is 10.5 Å². The lowest BCUT2D eigenvalue weighted by molar-refractivity contribution is -0.384. The Labute approximate surface area is 246 Å². The van der Waals surface area contributed by atoms with Crippen molar-refractivity contribution >= 4 is 46.2 Å². The van der Waals surface area contributed by atoms with Crippen LogP contribution in [0, 0.1) is 32.8 Å². The number of nitriles is 2. The number of hydrogen-bond donors (Lipinski definition) is 1. The van der Waals surface area contributed by atoms with Crippen LogP contribution in [-0.2, 0) is 4.79 Å². The first-order chi connectivity index (χ1) is 20.7. The van der Waals surface area contributed by atoms with Crippen LogP contribution < -0.4 is 10.2 Å². The number of carbonyl (C=O) groups excluding carboxylic acids is 3. The molecule has 0 saturated carbocycles. The topological polar surface area (TPSA) is 185 Å². The third-order valence-electron chi connectivity index (χ3n) is 6.81. The number of hydrogen-bond acceptors (Lipinski definition) is 10. The number of imide groups is 1. The van der Waals surface area contributed by atoms with Gasteiger partial charge in [-0.15, -0.1) is 10.2 Å². The highest BCUT2D eigenvalue weighted by Gasteiger charge is 2.34. The number of fused-ring (bicyclic) bond motifs is 1. The number of nitrogens with zero attached hydrogens (tertiary/aromatic N) is 7. The van der Waals surface area contributed by atoms with Gasteiger partial charge in [-0.3, -0.25) is 29.4 Å². The highest BCUT2D eigenvalue weighted by Crippen LogP contribution is 2.35. The predicted octanol–water partition coefficient (Wildman–Crippen LogP) is 5.61. The van der Waals surface area contributed by atoms with E-state index in [1.54, 1.807) is 49.4 Å². The molecule has 0 spiro atoms. The Balaban J connectivity index is 1.57. The van der Waals surface area contributed by atoms with E-state index in [9.17, 15) is 35.0 Å². The minimum Gasteiger partial charge on any atom is -0.372 e. The predicted molar refractivity (Wildman–Crippen MR) is 156 cm³/mol. The van der Waals surface area contributed by atoms with Crippen molar-refractivity contribution in [1.29, 1.82) is 10.5 Å². The van der Waals surface area contributed by atoms with E-state index in [0.717, 1.165) is 17.8 Å². The molecular weight excluding hydrogens is 552 g/mol. The SMILES string of the molecule is CCC(=O)Nc1cc(N(CC)CCCN2C(=O)c3ccccc3C2=O)ccc1N=Nc1c(C#N)cc([N+](=O)[O-])cc1C#N. The molecule has 43 heavy (non-hydrogen) atoms. The van der Waals surface area contributed by atoms with Gasteiger partial charge in [0.25, 0.3) is 17.5 Å². The molecule has 3 amide bonds. The van der Waals surface area contributed by atoms with Crippen LogP contribution in [0.1, 0.15) is 58.5 Å². The average molecular weight is 579 g/mol. The van der Waals surface area contributed by atoms with Crippen molar-refractivity contribution in [2.45, 2.75) is 26.7 Å². The van der Waals surface area contributed by atoms with Gasteiger partial charge in [0.2, 0.25) is 5.91 Å². The molecule has 1 aliphatic heterocycles. The van der Waals surface area contributed by atoms with Crippen molar-refractivity contribution in [3.8, 4) is 12.1 Å². The summed E-state index contributed by atoms with van der Waals surface area (Å²) in [5.74, 6) is -0.904. The van der Waals surface area contributed by atoms with E-state index in [-0.39, 0.29) is 53.2 Å². The molecule has 0 bridgehead atoms. The standard InChI is InChI=1S/C30H26N8O5/c1-3-27(39)33-26-16-21(36(4-2)12-7-13-37-29(40)23-8-5-6-9-24(23)30(37)41)10-11-25(26)34-35-28-19(17-31)14-22(38(42)43)15-20(28)18-32/h5-6,8-11,14-16H,3-4,7,12-13H2,1-2H3,(H,33,39). The minimum atomic E-state index is -0.709. The minimum absolute atomic E-state index is 0.129. The number of rotatable bonds is 11. The molecule has 216 valence electrons. The molecule has 3 aromatic rings. The number of nitro groups is 1. The number of carbonyl (C=O) groups is 3. The zero-order chi connectivity index (χ0) is 31.1. The van der Waals surface area contributed by atoms with Gasteiger partial charge in [0.1, 0.15) is 23.5 Å². The van der Waals surface area contributed by atoms with Crippen LogP contribution in [0.3, 0.4) is 0 Å². The molecule has 3 aromatic carbocycles. The second-order valence-electron chi connectivity index (χ2n) is 9.41. The molecule has 0 saturated heterocycles. The second kappa shape index (κ2) is 13.1. The Morgan fingerprint density at radius 3 is 2.16 bits per heavy atom. The van der Waals surface area contributed by atoms with Crippen LogP contribution in [0.15, 0.2) is 64.8 Å². The maximum atomic E-state index is 12.7. The summed E-state index contributed by atoms with van der Waals surface area (Å²) in [5, 5.41) is 41.2. The fourth-order valence-electron chi connectivity index (χ4n) is 4.59. The summed E-state index contributed by atoms with van der Waals surface area (Å²) in [6.45, 7) is 4.97. The molecular formula is C30H26N8O5. The van der Waals surface area contributed by atoms with E-state index >= 15 is 0 Å². The maximum Gasteiger partial charge on any atom is 0.272 e. The average Bonchev–Trinajstić information content (AvgIpc) is 3.26. The largest absolute Gasteiger partial charge is 0.372 e. The van der Waals surface area contributed by atoms with E-state index in [4.69, 9.17) is 0 Å². The van der Waals surface area contributed by atoms with Crippen LogP contribution in [-0.4, -0.2) is 47.2 Å². The molecule has 0 aromatic heterocycles. The molecule has 4 rings (SSSR count). The van der Waals surface area contributed by atoms with E-state index in [0.29, 0.717) is 36.3 Å². The fourth-order valence-corrected chi connectivity index (χ4v) is 4.59. The van der Waals surface area contributed by atoms with Crippen LogP contribution >= 0.6 is 0 Å². The fraction of sp³-hybridized carbons (Fsp3) is 0.233. The summed E-state index contributed by atoms with van der Waals surface area (Å²) in [6, 6.07) is 17.5. The third kappa shape index (κ3) is 6.36. The summed E-state index contributed by atoms with van der Waals surface area (Å²) in [7, 11) is 0. The summed E-state index contributed by atoms with van der Waals surface area (Å²) in [6.07, 6.45) is 0.698. The molecule has 13 heteroatoms. The lowest BCUT2D eigenvalue weighted by Crippen LogP contribution is -2.33. The van der Waals surface area contributed by atoms with Crippen molar-refractivity contribution in [2.75, 3.05) is 29.9 Å². The third-order valence-corrected chi connectivity index (χ3v) is 6.81. The van der Waals surface area contributed by atoms with Crippen molar-refractivity contribution in [3.63, 3.8) is 0 Å². The Morgan fingerprint density at radius 2 is 1.63 bits per heavy atom. The Kier molecular flexibility index (Phi) is 9.17. The van der Waals surface area contributed by atoms with Crippen molar-refractivity contribution in [1.82, 2.24) is 4.90 Å². The molecule has 0 unspecified atom stereocenters. The summed E-state index contributed by atoms with van der Waals surface area (Å²) >= 11 is 0. The van der Waals surface area contributed by atoms with Crippen molar-refractivity contribution in [2.24, 2.45) is 10.2 Å². The maximum absolute atomic E-state index is 12.7. The number of nitrogens with one attached hydrogen (secondary N) is 1. The summed E-state index contributed by atoms with van der Waals surface area (Å²) < 4.78 is 0. The highest BCUT2D eigenvalue weighted by atomic mass is 16.6. The van der Waals surface area contributed by atoms with Crippen molar-refractivity contribution < 1.29 is 19.3 Å². The van der Waals surface area contributed by atoms with Gasteiger partial charge in [-0.25, -0.2) is 0 Å². The lowest BCUT2D eigenvalue weighted by Gasteiger charge is -2.25. The Morgan fingerprint density at radius 1 is 1.00 bits per heavy atom. The van der Waals surface area contributed by atoms with E-state index in [2.05, 4.69) is 15.5 Å². The quantitative estimate of drug-likeness (QED) is 0.131. The lowest BCUT2D eigenvalue weighted by atomic mass is 10.1. The Bertz CT molecular complexity index is 1670. The van der Waals surface area contributed by atoms with Gasteiger partial charge in [0.05, 0.1) is 32.9 Å². The number of benzene rings is 3. The number of non-ortho nitro benzene ring substituents is 1. The van der Waals surface area contributed by atoms with E-state index in [1.807, 2.05) is 24.0 Å². The molecule has 1 aliphatic rings. The van der Waals surface area contributed by atoms with Crippen LogP contribution in [0.4, 0.5) is 28.4 Å². The molecule has 1 heterocycles. The van der Waals surface area contributed by atoms with Gasteiger partial charge >= 0.3 is 0 Å². The van der Waals surface area contributed by atoms with Crippen LogP contribution in [0.25, 0.3) is 0 Å². The molecule has 13 nitrogen and oxygen atoms in total. The van der Waals surface area contributed by atoms with E-state index < -0.39 is 10.6 Å². The van der Waals surface area contributed by atoms with E-state index in [1.165, 1.54) is 4.90 Å². The zero-order valence-corrected chi connectivity index (χ0v) is 23.4. The molecule has 0 atom stereocenters. The first-order valence-corrected chi connectivity index (χ1v) is 13.4. The number of amides is 3.